The first-order valence-corrected chi connectivity index (χ1v) is 8.90. The summed E-state index contributed by atoms with van der Waals surface area (Å²) in [5.41, 5.74) is 2.72. The lowest BCUT2D eigenvalue weighted by atomic mass is 9.94. The molecule has 2 aromatic carbocycles. The average Bonchev–Trinajstić information content (AvgIpc) is 3.08. The number of hydrogen-bond acceptors (Lipinski definition) is 4. The van der Waals surface area contributed by atoms with Gasteiger partial charge in [0.1, 0.15) is 0 Å². The van der Waals surface area contributed by atoms with Crippen LogP contribution in [0.3, 0.4) is 0 Å². The summed E-state index contributed by atoms with van der Waals surface area (Å²) in [5.74, 6) is 1.90. The number of anilines is 1. The molecule has 1 amide bonds. The minimum absolute atomic E-state index is 0.0730. The molecule has 1 aliphatic heterocycles. The summed E-state index contributed by atoms with van der Waals surface area (Å²) in [6.07, 6.45) is 0. The summed E-state index contributed by atoms with van der Waals surface area (Å²) in [7, 11) is 0. The minimum Gasteiger partial charge on any atom is -0.454 e. The van der Waals surface area contributed by atoms with E-state index in [9.17, 15) is 4.79 Å². The number of ether oxygens (including phenoxy) is 2. The van der Waals surface area contributed by atoms with Crippen LogP contribution in [0.25, 0.3) is 0 Å². The van der Waals surface area contributed by atoms with E-state index in [2.05, 4.69) is 24.5 Å². The number of carbonyl (C=O) groups is 1. The van der Waals surface area contributed by atoms with Crippen molar-refractivity contribution in [1.29, 1.82) is 0 Å². The molecule has 0 aromatic heterocycles. The van der Waals surface area contributed by atoms with Crippen LogP contribution >= 0.6 is 0 Å². The van der Waals surface area contributed by atoms with Crippen molar-refractivity contribution in [2.75, 3.05) is 18.7 Å². The smallest absolute Gasteiger partial charge is 0.238 e. The zero-order valence-corrected chi connectivity index (χ0v) is 15.8. The van der Waals surface area contributed by atoms with Crippen molar-refractivity contribution in [2.45, 2.75) is 39.2 Å². The highest BCUT2D eigenvalue weighted by molar-refractivity contribution is 5.92. The summed E-state index contributed by atoms with van der Waals surface area (Å²) in [6, 6.07) is 13.8. The molecule has 138 valence electrons. The molecule has 5 nitrogen and oxygen atoms in total. The Morgan fingerprint density at radius 3 is 2.46 bits per heavy atom. The van der Waals surface area contributed by atoms with Crippen molar-refractivity contribution in [3.63, 3.8) is 0 Å². The second-order valence-electron chi connectivity index (χ2n) is 7.37. The Kier molecular flexibility index (Phi) is 5.18. The van der Waals surface area contributed by atoms with Gasteiger partial charge in [-0.05, 0) is 55.2 Å². The van der Waals surface area contributed by atoms with E-state index in [0.717, 1.165) is 22.7 Å². The van der Waals surface area contributed by atoms with Gasteiger partial charge in [0.05, 0.1) is 6.54 Å². The summed E-state index contributed by atoms with van der Waals surface area (Å²) in [6.45, 7) is 8.84. The third-order valence-electron chi connectivity index (χ3n) is 4.65. The predicted molar refractivity (Wildman–Crippen MR) is 103 cm³/mol. The van der Waals surface area contributed by atoms with Crippen LogP contribution in [0.4, 0.5) is 5.69 Å². The van der Waals surface area contributed by atoms with E-state index in [1.165, 1.54) is 5.56 Å². The van der Waals surface area contributed by atoms with Gasteiger partial charge < -0.3 is 14.8 Å². The van der Waals surface area contributed by atoms with Gasteiger partial charge >= 0.3 is 0 Å². The summed E-state index contributed by atoms with van der Waals surface area (Å²) in [4.78, 5) is 12.3. The molecule has 2 aromatic rings. The van der Waals surface area contributed by atoms with Crippen LogP contribution in [0.1, 0.15) is 44.7 Å². The Morgan fingerprint density at radius 2 is 1.77 bits per heavy atom. The molecule has 1 heterocycles. The third kappa shape index (κ3) is 4.17. The molecule has 0 fully saturated rings. The average molecular weight is 354 g/mol. The molecule has 26 heavy (non-hydrogen) atoms. The van der Waals surface area contributed by atoms with E-state index < -0.39 is 0 Å². The molecule has 2 N–H and O–H groups in total. The van der Waals surface area contributed by atoms with Gasteiger partial charge in [-0.1, -0.05) is 32.0 Å². The molecule has 0 aliphatic carbocycles. The van der Waals surface area contributed by atoms with Crippen LogP contribution in [0.2, 0.25) is 0 Å². The zero-order valence-electron chi connectivity index (χ0n) is 15.8. The van der Waals surface area contributed by atoms with Gasteiger partial charge in [-0.25, -0.2) is 0 Å². The molecular formula is C21H26N2O3. The molecule has 0 radical (unpaired) electrons. The Labute approximate surface area is 154 Å². The van der Waals surface area contributed by atoms with E-state index in [4.69, 9.17) is 9.47 Å². The van der Waals surface area contributed by atoms with Gasteiger partial charge in [-0.15, -0.1) is 0 Å². The number of nitrogens with one attached hydrogen (secondary N) is 2. The Bertz CT molecular complexity index is 782. The molecular weight excluding hydrogens is 328 g/mol. The molecule has 0 saturated carbocycles. The molecule has 3 rings (SSSR count). The van der Waals surface area contributed by atoms with Crippen LogP contribution in [0.15, 0.2) is 42.5 Å². The Hall–Kier alpha value is -2.53. The minimum atomic E-state index is -0.375. The van der Waals surface area contributed by atoms with Crippen molar-refractivity contribution in [1.82, 2.24) is 5.32 Å². The van der Waals surface area contributed by atoms with Crippen molar-refractivity contribution < 1.29 is 14.3 Å². The first-order chi connectivity index (χ1) is 12.3. The quantitative estimate of drug-likeness (QED) is 0.823. The molecule has 0 bridgehead atoms. The first kappa shape index (κ1) is 18.3. The topological polar surface area (TPSA) is 59.6 Å². The second kappa shape index (κ2) is 7.38. The monoisotopic (exact) mass is 354 g/mol. The largest absolute Gasteiger partial charge is 0.454 e. The number of hydrogen-bond donors (Lipinski definition) is 2. The normalized spacial score (nSPS) is 13.1. The standard InChI is InChI=1S/C21H26N2O3/c1-14(2)15-5-8-17(9-6-15)23-20(24)12-22-21(3,4)16-7-10-18-19(11-16)26-13-25-18/h5-11,14,22H,12-13H2,1-4H3,(H,23,24). The molecule has 0 atom stereocenters. The van der Waals surface area contributed by atoms with Gasteiger partial charge in [0, 0.05) is 11.2 Å². The van der Waals surface area contributed by atoms with Crippen LogP contribution in [0.5, 0.6) is 11.5 Å². The SMILES string of the molecule is CC(C)c1ccc(NC(=O)CNC(C)(C)c2ccc3c(c2)OCO3)cc1. The Morgan fingerprint density at radius 1 is 1.08 bits per heavy atom. The van der Waals surface area contributed by atoms with Gasteiger partial charge in [0.25, 0.3) is 0 Å². The highest BCUT2D eigenvalue weighted by Gasteiger charge is 2.24. The van der Waals surface area contributed by atoms with Gasteiger partial charge in [0.2, 0.25) is 12.7 Å². The molecule has 0 unspecified atom stereocenters. The van der Waals surface area contributed by atoms with E-state index in [1.807, 2.05) is 56.3 Å². The fourth-order valence-electron chi connectivity index (χ4n) is 2.85. The molecule has 0 spiro atoms. The lowest BCUT2D eigenvalue weighted by Gasteiger charge is -2.27. The molecule has 5 heteroatoms. The summed E-state index contributed by atoms with van der Waals surface area (Å²) in [5, 5.41) is 6.24. The van der Waals surface area contributed by atoms with E-state index in [1.54, 1.807) is 0 Å². The first-order valence-electron chi connectivity index (χ1n) is 8.90. The Balaban J connectivity index is 1.57. The lowest BCUT2D eigenvalue weighted by Crippen LogP contribution is -2.41. The highest BCUT2D eigenvalue weighted by atomic mass is 16.7. The van der Waals surface area contributed by atoms with Crippen LogP contribution in [0, 0.1) is 0 Å². The van der Waals surface area contributed by atoms with Crippen molar-refractivity contribution in [2.24, 2.45) is 0 Å². The van der Waals surface area contributed by atoms with E-state index >= 15 is 0 Å². The number of amides is 1. The highest BCUT2D eigenvalue weighted by Crippen LogP contribution is 2.35. The fourth-order valence-corrected chi connectivity index (χ4v) is 2.85. The van der Waals surface area contributed by atoms with Gasteiger partial charge in [0.15, 0.2) is 11.5 Å². The predicted octanol–water partition coefficient (Wildman–Crippen LogP) is 4.00. The zero-order chi connectivity index (χ0) is 18.7. The molecule has 1 aliphatic rings. The number of carbonyl (C=O) groups excluding carboxylic acids is 1. The van der Waals surface area contributed by atoms with Crippen molar-refractivity contribution in [3.05, 3.63) is 53.6 Å². The summed E-state index contributed by atoms with van der Waals surface area (Å²) < 4.78 is 10.8. The van der Waals surface area contributed by atoms with Gasteiger partial charge in [-0.3, -0.25) is 10.1 Å². The maximum Gasteiger partial charge on any atom is 0.238 e. The number of rotatable bonds is 6. The maximum absolute atomic E-state index is 12.3. The molecule has 0 saturated heterocycles. The second-order valence-corrected chi connectivity index (χ2v) is 7.37. The number of benzene rings is 2. The van der Waals surface area contributed by atoms with Crippen LogP contribution in [-0.2, 0) is 10.3 Å². The van der Waals surface area contributed by atoms with Crippen molar-refractivity contribution >= 4 is 11.6 Å². The fraction of sp³-hybridized carbons (Fsp3) is 0.381. The summed E-state index contributed by atoms with van der Waals surface area (Å²) >= 11 is 0. The van der Waals surface area contributed by atoms with Crippen LogP contribution in [-0.4, -0.2) is 19.2 Å². The van der Waals surface area contributed by atoms with Crippen molar-refractivity contribution in [3.8, 4) is 11.5 Å². The maximum atomic E-state index is 12.3. The van der Waals surface area contributed by atoms with E-state index in [0.29, 0.717) is 5.92 Å². The number of fused-ring (bicyclic) bond motifs is 1. The van der Waals surface area contributed by atoms with Crippen LogP contribution < -0.4 is 20.1 Å². The van der Waals surface area contributed by atoms with E-state index in [-0.39, 0.29) is 24.8 Å². The lowest BCUT2D eigenvalue weighted by molar-refractivity contribution is -0.115. The van der Waals surface area contributed by atoms with Gasteiger partial charge in [-0.2, -0.15) is 0 Å². The third-order valence-corrected chi connectivity index (χ3v) is 4.65.